The van der Waals surface area contributed by atoms with E-state index in [2.05, 4.69) is 5.32 Å². The fourth-order valence-corrected chi connectivity index (χ4v) is 1.84. The van der Waals surface area contributed by atoms with Gasteiger partial charge in [-0.15, -0.1) is 0 Å². The summed E-state index contributed by atoms with van der Waals surface area (Å²) in [7, 11) is 0. The SMILES string of the molecule is N#Cc1ccc(C(=O)Nc2cccc(Cl)c2Cl)cc1. The molecule has 3 nitrogen and oxygen atoms in total. The van der Waals surface area contributed by atoms with E-state index in [-0.39, 0.29) is 5.91 Å². The van der Waals surface area contributed by atoms with E-state index in [0.717, 1.165) is 0 Å². The molecule has 0 fully saturated rings. The van der Waals surface area contributed by atoms with Crippen molar-refractivity contribution < 1.29 is 4.79 Å². The summed E-state index contributed by atoms with van der Waals surface area (Å²) in [6.45, 7) is 0. The van der Waals surface area contributed by atoms with Crippen LogP contribution in [-0.4, -0.2) is 5.91 Å². The topological polar surface area (TPSA) is 52.9 Å². The molecule has 0 aliphatic heterocycles. The van der Waals surface area contributed by atoms with E-state index < -0.39 is 0 Å². The summed E-state index contributed by atoms with van der Waals surface area (Å²) in [5.41, 5.74) is 1.39. The maximum Gasteiger partial charge on any atom is 0.255 e. The van der Waals surface area contributed by atoms with Crippen molar-refractivity contribution in [2.24, 2.45) is 0 Å². The molecule has 1 amide bonds. The summed E-state index contributed by atoms with van der Waals surface area (Å²) >= 11 is 11.8. The Balaban J connectivity index is 2.21. The molecule has 94 valence electrons. The first-order valence-corrected chi connectivity index (χ1v) is 6.13. The first-order chi connectivity index (χ1) is 9.11. The molecule has 0 saturated carbocycles. The van der Waals surface area contributed by atoms with E-state index in [1.807, 2.05) is 6.07 Å². The van der Waals surface area contributed by atoms with Crippen LogP contribution in [0, 0.1) is 11.3 Å². The van der Waals surface area contributed by atoms with Crippen LogP contribution in [0.4, 0.5) is 5.69 Å². The number of amides is 1. The molecule has 19 heavy (non-hydrogen) atoms. The molecular weight excluding hydrogens is 283 g/mol. The molecule has 0 radical (unpaired) electrons. The monoisotopic (exact) mass is 290 g/mol. The number of carbonyl (C=O) groups excluding carboxylic acids is 1. The average molecular weight is 291 g/mol. The molecule has 0 bridgehead atoms. The molecule has 0 atom stereocenters. The lowest BCUT2D eigenvalue weighted by molar-refractivity contribution is 0.102. The number of anilines is 1. The van der Waals surface area contributed by atoms with Crippen LogP contribution in [-0.2, 0) is 0 Å². The largest absolute Gasteiger partial charge is 0.321 e. The van der Waals surface area contributed by atoms with Gasteiger partial charge >= 0.3 is 0 Å². The van der Waals surface area contributed by atoms with Crippen molar-refractivity contribution in [2.75, 3.05) is 5.32 Å². The predicted octanol–water partition coefficient (Wildman–Crippen LogP) is 4.12. The number of carbonyl (C=O) groups is 1. The number of nitrogens with one attached hydrogen (secondary N) is 1. The zero-order chi connectivity index (χ0) is 13.8. The Morgan fingerprint density at radius 1 is 1.11 bits per heavy atom. The molecule has 0 heterocycles. The van der Waals surface area contributed by atoms with E-state index in [4.69, 9.17) is 28.5 Å². The third-order valence-corrected chi connectivity index (χ3v) is 3.29. The summed E-state index contributed by atoms with van der Waals surface area (Å²) in [4.78, 5) is 12.0. The molecule has 5 heteroatoms. The van der Waals surface area contributed by atoms with Gasteiger partial charge in [-0.1, -0.05) is 29.3 Å². The summed E-state index contributed by atoms with van der Waals surface area (Å²) in [5, 5.41) is 12.0. The van der Waals surface area contributed by atoms with Gasteiger partial charge in [0, 0.05) is 5.56 Å². The van der Waals surface area contributed by atoms with Gasteiger partial charge in [0.1, 0.15) is 0 Å². The van der Waals surface area contributed by atoms with Crippen molar-refractivity contribution in [1.82, 2.24) is 0 Å². The van der Waals surface area contributed by atoms with Crippen molar-refractivity contribution in [1.29, 1.82) is 5.26 Å². The molecule has 0 aliphatic carbocycles. The minimum Gasteiger partial charge on any atom is -0.321 e. The highest BCUT2D eigenvalue weighted by Gasteiger charge is 2.10. The lowest BCUT2D eigenvalue weighted by atomic mass is 10.1. The van der Waals surface area contributed by atoms with Crippen LogP contribution in [0.5, 0.6) is 0 Å². The lowest BCUT2D eigenvalue weighted by Gasteiger charge is -2.08. The van der Waals surface area contributed by atoms with Crippen molar-refractivity contribution in [2.45, 2.75) is 0 Å². The van der Waals surface area contributed by atoms with Gasteiger partial charge in [0.05, 0.1) is 27.4 Å². The van der Waals surface area contributed by atoms with E-state index >= 15 is 0 Å². The van der Waals surface area contributed by atoms with Crippen LogP contribution < -0.4 is 5.32 Å². The number of hydrogen-bond acceptors (Lipinski definition) is 2. The van der Waals surface area contributed by atoms with Gasteiger partial charge in [-0.2, -0.15) is 5.26 Å². The molecule has 0 aliphatic rings. The van der Waals surface area contributed by atoms with Gasteiger partial charge in [0.15, 0.2) is 0 Å². The number of benzene rings is 2. The standard InChI is InChI=1S/C14H8Cl2N2O/c15-11-2-1-3-12(13(11)16)18-14(19)10-6-4-9(8-17)5-7-10/h1-7H,(H,18,19). The minimum atomic E-state index is -0.311. The summed E-state index contributed by atoms with van der Waals surface area (Å²) in [5.74, 6) is -0.311. The van der Waals surface area contributed by atoms with Crippen LogP contribution >= 0.6 is 23.2 Å². The van der Waals surface area contributed by atoms with E-state index in [0.29, 0.717) is 26.9 Å². The molecule has 1 N–H and O–H groups in total. The van der Waals surface area contributed by atoms with E-state index in [1.165, 1.54) is 0 Å². The van der Waals surface area contributed by atoms with Crippen molar-refractivity contribution in [3.63, 3.8) is 0 Å². The lowest BCUT2D eigenvalue weighted by Crippen LogP contribution is -2.12. The van der Waals surface area contributed by atoms with Gasteiger partial charge in [0.25, 0.3) is 5.91 Å². The molecule has 0 aromatic heterocycles. The van der Waals surface area contributed by atoms with E-state index in [9.17, 15) is 4.79 Å². The second-order valence-electron chi connectivity index (χ2n) is 3.74. The fraction of sp³-hybridized carbons (Fsp3) is 0. The highest BCUT2D eigenvalue weighted by atomic mass is 35.5. The van der Waals surface area contributed by atoms with Crippen LogP contribution in [0.3, 0.4) is 0 Å². The third-order valence-electron chi connectivity index (χ3n) is 2.48. The number of hydrogen-bond donors (Lipinski definition) is 1. The Morgan fingerprint density at radius 3 is 2.42 bits per heavy atom. The summed E-state index contributed by atoms with van der Waals surface area (Å²) in [6.07, 6.45) is 0. The Morgan fingerprint density at radius 2 is 1.79 bits per heavy atom. The smallest absolute Gasteiger partial charge is 0.255 e. The summed E-state index contributed by atoms with van der Waals surface area (Å²) < 4.78 is 0. The second-order valence-corrected chi connectivity index (χ2v) is 4.53. The molecular formula is C14H8Cl2N2O. The zero-order valence-corrected chi connectivity index (χ0v) is 11.2. The number of nitriles is 1. The number of halogens is 2. The number of rotatable bonds is 2. The molecule has 0 saturated heterocycles. The van der Waals surface area contributed by atoms with Gasteiger partial charge < -0.3 is 5.32 Å². The fourth-order valence-electron chi connectivity index (χ4n) is 1.49. The number of nitrogens with zero attached hydrogens (tertiary/aromatic N) is 1. The Bertz CT molecular complexity index is 660. The summed E-state index contributed by atoms with van der Waals surface area (Å²) in [6, 6.07) is 13.3. The minimum absolute atomic E-state index is 0.297. The van der Waals surface area contributed by atoms with Crippen molar-refractivity contribution in [3.05, 3.63) is 63.6 Å². The highest BCUT2D eigenvalue weighted by molar-refractivity contribution is 6.44. The average Bonchev–Trinajstić information content (AvgIpc) is 2.44. The second kappa shape index (κ2) is 5.75. The van der Waals surface area contributed by atoms with Crippen molar-refractivity contribution in [3.8, 4) is 6.07 Å². The van der Waals surface area contributed by atoms with E-state index in [1.54, 1.807) is 42.5 Å². The van der Waals surface area contributed by atoms with Crippen LogP contribution in [0.1, 0.15) is 15.9 Å². The predicted molar refractivity (Wildman–Crippen MR) is 75.6 cm³/mol. The molecule has 0 unspecified atom stereocenters. The van der Waals surface area contributed by atoms with Crippen molar-refractivity contribution >= 4 is 34.8 Å². The molecule has 2 rings (SSSR count). The quantitative estimate of drug-likeness (QED) is 0.905. The Kier molecular flexibility index (Phi) is 4.06. The normalized spacial score (nSPS) is 9.74. The maximum absolute atomic E-state index is 12.0. The van der Waals surface area contributed by atoms with Crippen LogP contribution in [0.15, 0.2) is 42.5 Å². The molecule has 2 aromatic rings. The highest BCUT2D eigenvalue weighted by Crippen LogP contribution is 2.29. The van der Waals surface area contributed by atoms with Gasteiger partial charge in [0.2, 0.25) is 0 Å². The Labute approximate surface area is 120 Å². The Hall–Kier alpha value is -2.02. The first-order valence-electron chi connectivity index (χ1n) is 5.37. The van der Waals surface area contributed by atoms with Crippen LogP contribution in [0.2, 0.25) is 10.0 Å². The molecule has 2 aromatic carbocycles. The third kappa shape index (κ3) is 3.05. The van der Waals surface area contributed by atoms with Gasteiger partial charge in [-0.05, 0) is 36.4 Å². The maximum atomic E-state index is 12.0. The first kappa shape index (κ1) is 13.4. The zero-order valence-electron chi connectivity index (χ0n) is 9.65. The van der Waals surface area contributed by atoms with Gasteiger partial charge in [-0.25, -0.2) is 0 Å². The molecule has 0 spiro atoms. The van der Waals surface area contributed by atoms with Crippen LogP contribution in [0.25, 0.3) is 0 Å². The van der Waals surface area contributed by atoms with Gasteiger partial charge in [-0.3, -0.25) is 4.79 Å².